The molecule has 0 aromatic rings. The molecule has 8 heavy (non-hydrogen) atoms. The second-order valence-electron chi connectivity index (χ2n) is 1.57. The lowest BCUT2D eigenvalue weighted by atomic mass is 10.3. The molecule has 0 fully saturated rings. The van der Waals surface area contributed by atoms with Crippen LogP contribution in [0.5, 0.6) is 0 Å². The van der Waals surface area contributed by atoms with Crippen LogP contribution in [0.3, 0.4) is 0 Å². The van der Waals surface area contributed by atoms with Crippen LogP contribution in [0.2, 0.25) is 0 Å². The first-order valence-corrected chi connectivity index (χ1v) is 2.72. The Morgan fingerprint density at radius 1 is 1.75 bits per heavy atom. The second-order valence-corrected chi connectivity index (χ2v) is 1.57. The van der Waals surface area contributed by atoms with Gasteiger partial charge >= 0.3 is 0 Å². The van der Waals surface area contributed by atoms with E-state index in [0.29, 0.717) is 13.0 Å². The minimum absolute atomic E-state index is 0.0652. The van der Waals surface area contributed by atoms with Gasteiger partial charge in [0, 0.05) is 13.5 Å². The van der Waals surface area contributed by atoms with Crippen LogP contribution in [0.4, 0.5) is 0 Å². The zero-order valence-corrected chi connectivity index (χ0v) is 5.11. The summed E-state index contributed by atoms with van der Waals surface area (Å²) < 4.78 is 0. The van der Waals surface area contributed by atoms with E-state index < -0.39 is 0 Å². The first-order valence-electron chi connectivity index (χ1n) is 2.72. The Kier molecular flexibility index (Phi) is 4.26. The highest BCUT2D eigenvalue weighted by Crippen LogP contribution is 1.82. The molecule has 3 N–H and O–H groups in total. The van der Waals surface area contributed by atoms with Crippen LogP contribution < -0.4 is 11.1 Å². The molecular formula is C5H12N2O. The SMILES string of the molecule is CNC(=O)CCCN. The molecule has 0 saturated heterocycles. The van der Waals surface area contributed by atoms with Crippen molar-refractivity contribution in [2.24, 2.45) is 5.73 Å². The number of rotatable bonds is 3. The number of nitrogens with two attached hydrogens (primary N) is 1. The molecule has 0 atom stereocenters. The van der Waals surface area contributed by atoms with E-state index in [0.717, 1.165) is 6.42 Å². The first-order chi connectivity index (χ1) is 3.81. The number of amides is 1. The molecule has 0 aromatic heterocycles. The summed E-state index contributed by atoms with van der Waals surface area (Å²) in [6, 6.07) is 0. The predicted octanol–water partition coefficient (Wildman–Crippen LogP) is -0.529. The molecule has 0 aliphatic carbocycles. The normalized spacial score (nSPS) is 8.75. The third-order valence-electron chi connectivity index (χ3n) is 0.887. The Morgan fingerprint density at radius 2 is 2.38 bits per heavy atom. The smallest absolute Gasteiger partial charge is 0.219 e. The van der Waals surface area contributed by atoms with E-state index in [9.17, 15) is 4.79 Å². The maximum absolute atomic E-state index is 10.4. The van der Waals surface area contributed by atoms with Crippen LogP contribution >= 0.6 is 0 Å². The monoisotopic (exact) mass is 116 g/mol. The second kappa shape index (κ2) is 4.59. The Hall–Kier alpha value is -0.570. The molecular weight excluding hydrogens is 104 g/mol. The molecule has 3 nitrogen and oxygen atoms in total. The van der Waals surface area contributed by atoms with Gasteiger partial charge in [-0.05, 0) is 13.0 Å². The zero-order chi connectivity index (χ0) is 6.41. The summed E-state index contributed by atoms with van der Waals surface area (Å²) >= 11 is 0. The minimum atomic E-state index is 0.0652. The van der Waals surface area contributed by atoms with Gasteiger partial charge in [0.15, 0.2) is 0 Å². The van der Waals surface area contributed by atoms with Crippen molar-refractivity contribution in [3.8, 4) is 0 Å². The van der Waals surface area contributed by atoms with Gasteiger partial charge < -0.3 is 11.1 Å². The van der Waals surface area contributed by atoms with Crippen molar-refractivity contribution in [3.63, 3.8) is 0 Å². The lowest BCUT2D eigenvalue weighted by Gasteiger charge is -1.94. The molecule has 0 unspecified atom stereocenters. The number of hydrogen-bond acceptors (Lipinski definition) is 2. The van der Waals surface area contributed by atoms with E-state index in [1.54, 1.807) is 7.05 Å². The van der Waals surface area contributed by atoms with Crippen molar-refractivity contribution in [2.75, 3.05) is 13.6 Å². The van der Waals surface area contributed by atoms with Crippen LogP contribution in [0.25, 0.3) is 0 Å². The quantitative estimate of drug-likeness (QED) is 0.521. The zero-order valence-electron chi connectivity index (χ0n) is 5.11. The van der Waals surface area contributed by atoms with E-state index in [1.807, 2.05) is 0 Å². The maximum Gasteiger partial charge on any atom is 0.219 e. The molecule has 1 amide bonds. The first kappa shape index (κ1) is 7.43. The highest BCUT2D eigenvalue weighted by molar-refractivity contribution is 5.75. The third-order valence-corrected chi connectivity index (χ3v) is 0.887. The fourth-order valence-corrected chi connectivity index (χ4v) is 0.388. The minimum Gasteiger partial charge on any atom is -0.359 e. The molecule has 0 aliphatic rings. The molecule has 48 valence electrons. The number of nitrogens with one attached hydrogen (secondary N) is 1. The highest BCUT2D eigenvalue weighted by Gasteiger charge is 1.92. The molecule has 0 aliphatic heterocycles. The van der Waals surface area contributed by atoms with Gasteiger partial charge in [-0.15, -0.1) is 0 Å². The van der Waals surface area contributed by atoms with Crippen LogP contribution in [-0.2, 0) is 4.79 Å². The van der Waals surface area contributed by atoms with E-state index >= 15 is 0 Å². The summed E-state index contributed by atoms with van der Waals surface area (Å²) in [5.74, 6) is 0.0652. The van der Waals surface area contributed by atoms with Gasteiger partial charge in [-0.25, -0.2) is 0 Å². The summed E-state index contributed by atoms with van der Waals surface area (Å²) in [4.78, 5) is 10.4. The molecule has 0 spiro atoms. The van der Waals surface area contributed by atoms with Crippen LogP contribution in [-0.4, -0.2) is 19.5 Å². The van der Waals surface area contributed by atoms with E-state index in [4.69, 9.17) is 5.73 Å². The number of carbonyl (C=O) groups is 1. The van der Waals surface area contributed by atoms with Crippen molar-refractivity contribution in [3.05, 3.63) is 0 Å². The summed E-state index contributed by atoms with van der Waals surface area (Å²) in [7, 11) is 1.62. The molecule has 3 heteroatoms. The molecule has 0 aromatic carbocycles. The van der Waals surface area contributed by atoms with Gasteiger partial charge in [0.05, 0.1) is 0 Å². The fourth-order valence-electron chi connectivity index (χ4n) is 0.388. The number of carbonyl (C=O) groups excluding carboxylic acids is 1. The maximum atomic E-state index is 10.4. The van der Waals surface area contributed by atoms with Gasteiger partial charge in [-0.3, -0.25) is 4.79 Å². The fraction of sp³-hybridized carbons (Fsp3) is 0.800. The third kappa shape index (κ3) is 3.61. The van der Waals surface area contributed by atoms with Crippen LogP contribution in [0, 0.1) is 0 Å². The molecule has 0 radical (unpaired) electrons. The average molecular weight is 116 g/mol. The van der Waals surface area contributed by atoms with Crippen LogP contribution in [0.15, 0.2) is 0 Å². The molecule has 0 bridgehead atoms. The lowest BCUT2D eigenvalue weighted by molar-refractivity contribution is -0.120. The summed E-state index contributed by atoms with van der Waals surface area (Å²) in [6.45, 7) is 0.591. The van der Waals surface area contributed by atoms with Gasteiger partial charge in [-0.1, -0.05) is 0 Å². The highest BCUT2D eigenvalue weighted by atomic mass is 16.1. The summed E-state index contributed by atoms with van der Waals surface area (Å²) in [5.41, 5.74) is 5.15. The van der Waals surface area contributed by atoms with Crippen molar-refractivity contribution in [1.82, 2.24) is 5.32 Å². The Balaban J connectivity index is 2.99. The van der Waals surface area contributed by atoms with E-state index in [-0.39, 0.29) is 5.91 Å². The lowest BCUT2D eigenvalue weighted by Crippen LogP contribution is -2.18. The van der Waals surface area contributed by atoms with Gasteiger partial charge in [-0.2, -0.15) is 0 Å². The Bertz CT molecular complexity index is 72.8. The molecule has 0 saturated carbocycles. The molecule has 0 rings (SSSR count). The topological polar surface area (TPSA) is 55.1 Å². The number of hydrogen-bond donors (Lipinski definition) is 2. The van der Waals surface area contributed by atoms with Gasteiger partial charge in [0.2, 0.25) is 5.91 Å². The van der Waals surface area contributed by atoms with Gasteiger partial charge in [0.1, 0.15) is 0 Å². The Morgan fingerprint density at radius 3 is 2.75 bits per heavy atom. The summed E-state index contributed by atoms with van der Waals surface area (Å²) in [5, 5.41) is 2.51. The van der Waals surface area contributed by atoms with Crippen LogP contribution in [0.1, 0.15) is 12.8 Å². The largest absolute Gasteiger partial charge is 0.359 e. The standard InChI is InChI=1S/C5H12N2O/c1-7-5(8)3-2-4-6/h2-4,6H2,1H3,(H,7,8). The van der Waals surface area contributed by atoms with Crippen molar-refractivity contribution in [2.45, 2.75) is 12.8 Å². The average Bonchev–Trinajstić information content (AvgIpc) is 1.83. The van der Waals surface area contributed by atoms with E-state index in [1.165, 1.54) is 0 Å². The summed E-state index contributed by atoms with van der Waals surface area (Å²) in [6.07, 6.45) is 1.33. The van der Waals surface area contributed by atoms with Crippen molar-refractivity contribution < 1.29 is 4.79 Å². The van der Waals surface area contributed by atoms with E-state index in [2.05, 4.69) is 5.32 Å². The van der Waals surface area contributed by atoms with Crippen molar-refractivity contribution in [1.29, 1.82) is 0 Å². The van der Waals surface area contributed by atoms with Crippen molar-refractivity contribution >= 4 is 5.91 Å². The van der Waals surface area contributed by atoms with Gasteiger partial charge in [0.25, 0.3) is 0 Å². The molecule has 0 heterocycles. The predicted molar refractivity (Wildman–Crippen MR) is 32.4 cm³/mol. The Labute approximate surface area is 49.3 Å².